The van der Waals surface area contributed by atoms with Gasteiger partial charge in [-0.2, -0.15) is 0 Å². The highest BCUT2D eigenvalue weighted by Gasteiger charge is 2.27. The average molecular weight is 368 g/mol. The fourth-order valence-corrected chi connectivity index (χ4v) is 4.21. The van der Waals surface area contributed by atoms with E-state index in [1.54, 1.807) is 6.07 Å². The van der Waals surface area contributed by atoms with Crippen molar-refractivity contribution in [1.29, 1.82) is 0 Å². The van der Waals surface area contributed by atoms with Crippen LogP contribution in [0.25, 0.3) is 0 Å². The molecule has 0 aromatic heterocycles. The zero-order chi connectivity index (χ0) is 14.0. The summed E-state index contributed by atoms with van der Waals surface area (Å²) < 4.78 is 27.8. The second-order valence-corrected chi connectivity index (χ2v) is 7.73. The Morgan fingerprint density at radius 3 is 2.63 bits per heavy atom. The largest absolute Gasteiger partial charge is 0.326 e. The Bertz CT molecular complexity index is 565. The van der Waals surface area contributed by atoms with Gasteiger partial charge < -0.3 is 5.73 Å². The molecular formula is C12H16BrClN2O2S. The molecule has 0 bridgehead atoms. The predicted molar refractivity (Wildman–Crippen MR) is 79.7 cm³/mol. The highest BCUT2D eigenvalue weighted by molar-refractivity contribution is 9.10. The van der Waals surface area contributed by atoms with Crippen LogP contribution in [-0.2, 0) is 10.0 Å². The van der Waals surface area contributed by atoms with E-state index in [0.717, 1.165) is 25.7 Å². The van der Waals surface area contributed by atoms with Crippen LogP contribution in [0.3, 0.4) is 0 Å². The first-order chi connectivity index (χ1) is 8.90. The Labute approximate surface area is 126 Å². The van der Waals surface area contributed by atoms with Crippen molar-refractivity contribution in [3.05, 3.63) is 27.7 Å². The first kappa shape index (κ1) is 15.3. The van der Waals surface area contributed by atoms with E-state index in [4.69, 9.17) is 17.3 Å². The number of nitrogens with two attached hydrogens (primary N) is 1. The second-order valence-electron chi connectivity index (χ2n) is 4.75. The molecule has 19 heavy (non-hydrogen) atoms. The molecule has 0 heterocycles. The topological polar surface area (TPSA) is 72.2 Å². The van der Waals surface area contributed by atoms with E-state index in [1.165, 1.54) is 12.1 Å². The lowest BCUT2D eigenvalue weighted by Gasteiger charge is -2.29. The number of halogens is 2. The summed E-state index contributed by atoms with van der Waals surface area (Å²) in [6.45, 7) is 0. The summed E-state index contributed by atoms with van der Waals surface area (Å²) >= 11 is 9.09. The number of nitrogens with one attached hydrogen (secondary N) is 1. The first-order valence-electron chi connectivity index (χ1n) is 6.13. The number of hydrogen-bond donors (Lipinski definition) is 2. The van der Waals surface area contributed by atoms with E-state index in [9.17, 15) is 8.42 Å². The van der Waals surface area contributed by atoms with Gasteiger partial charge in [0.15, 0.2) is 0 Å². The van der Waals surface area contributed by atoms with Gasteiger partial charge in [0.05, 0.1) is 9.92 Å². The molecular weight excluding hydrogens is 352 g/mol. The van der Waals surface area contributed by atoms with Gasteiger partial charge >= 0.3 is 0 Å². The number of sulfonamides is 1. The second kappa shape index (κ2) is 6.10. The van der Waals surface area contributed by atoms with Gasteiger partial charge in [0.25, 0.3) is 0 Å². The summed E-state index contributed by atoms with van der Waals surface area (Å²) in [6.07, 6.45) is 3.71. The van der Waals surface area contributed by atoms with Crippen molar-refractivity contribution >= 4 is 37.6 Å². The van der Waals surface area contributed by atoms with E-state index < -0.39 is 10.0 Å². The van der Waals surface area contributed by atoms with Crippen LogP contribution in [0, 0.1) is 0 Å². The van der Waals surface area contributed by atoms with Gasteiger partial charge in [-0.05, 0) is 47.0 Å². The molecule has 0 unspecified atom stereocenters. The third kappa shape index (κ3) is 3.70. The molecule has 0 spiro atoms. The maximum Gasteiger partial charge on any atom is 0.240 e. The van der Waals surface area contributed by atoms with Gasteiger partial charge in [-0.3, -0.25) is 0 Å². The molecule has 1 saturated carbocycles. The third-order valence-corrected chi connectivity index (χ3v) is 6.03. The van der Waals surface area contributed by atoms with Gasteiger partial charge in [0.2, 0.25) is 10.0 Å². The molecule has 1 aliphatic carbocycles. The van der Waals surface area contributed by atoms with Gasteiger partial charge in [0, 0.05) is 16.6 Å². The van der Waals surface area contributed by atoms with Crippen molar-refractivity contribution in [2.75, 3.05) is 0 Å². The molecule has 7 heteroatoms. The monoisotopic (exact) mass is 366 g/mol. The Morgan fingerprint density at radius 1 is 1.32 bits per heavy atom. The van der Waals surface area contributed by atoms with Crippen LogP contribution in [-0.4, -0.2) is 20.5 Å². The van der Waals surface area contributed by atoms with Crippen molar-refractivity contribution in [3.63, 3.8) is 0 Å². The van der Waals surface area contributed by atoms with Crippen LogP contribution in [0.4, 0.5) is 0 Å². The van der Waals surface area contributed by atoms with Crippen LogP contribution in [0.15, 0.2) is 27.6 Å². The maximum atomic E-state index is 12.3. The normalized spacial score (nSPS) is 24.4. The molecule has 0 aliphatic heterocycles. The summed E-state index contributed by atoms with van der Waals surface area (Å²) in [4.78, 5) is 0.196. The predicted octanol–water partition coefficient (Wildman–Crippen LogP) is 2.65. The number of benzene rings is 1. The summed E-state index contributed by atoms with van der Waals surface area (Å²) in [7, 11) is -3.55. The van der Waals surface area contributed by atoms with Gasteiger partial charge in [-0.1, -0.05) is 24.4 Å². The van der Waals surface area contributed by atoms with Crippen LogP contribution in [0.1, 0.15) is 25.7 Å². The highest BCUT2D eigenvalue weighted by atomic mass is 79.9. The van der Waals surface area contributed by atoms with Gasteiger partial charge in [-0.15, -0.1) is 0 Å². The molecule has 2 rings (SSSR count). The summed E-state index contributed by atoms with van der Waals surface area (Å²) in [6, 6.07) is 4.25. The Hall–Kier alpha value is -0.140. The minimum atomic E-state index is -3.55. The van der Waals surface area contributed by atoms with Crippen LogP contribution in [0.5, 0.6) is 0 Å². The molecule has 0 saturated heterocycles. The van der Waals surface area contributed by atoms with E-state index in [2.05, 4.69) is 20.7 Å². The van der Waals surface area contributed by atoms with Crippen LogP contribution < -0.4 is 10.5 Å². The van der Waals surface area contributed by atoms with Crippen molar-refractivity contribution in [2.24, 2.45) is 5.73 Å². The fraction of sp³-hybridized carbons (Fsp3) is 0.500. The Kier molecular flexibility index (Phi) is 4.89. The zero-order valence-electron chi connectivity index (χ0n) is 10.3. The standard InChI is InChI=1S/C12H16BrClN2O2S/c13-9-7-8(5-6-10(9)14)19(17,18)16-12-4-2-1-3-11(12)15/h5-7,11-12,16H,1-4,15H2/t11-,12-/m1/s1. The average Bonchev–Trinajstić information content (AvgIpc) is 2.35. The SMILES string of the molecule is N[C@@H]1CCCC[C@H]1NS(=O)(=O)c1ccc(Cl)c(Br)c1. The zero-order valence-corrected chi connectivity index (χ0v) is 13.4. The van der Waals surface area contributed by atoms with Crippen molar-refractivity contribution in [1.82, 2.24) is 4.72 Å². The van der Waals surface area contributed by atoms with E-state index >= 15 is 0 Å². The van der Waals surface area contributed by atoms with E-state index in [1.807, 2.05) is 0 Å². The lowest BCUT2D eigenvalue weighted by molar-refractivity contribution is 0.361. The van der Waals surface area contributed by atoms with Crippen LogP contribution in [0.2, 0.25) is 5.02 Å². The molecule has 2 atom stereocenters. The summed E-state index contributed by atoms with van der Waals surface area (Å²) in [5.74, 6) is 0. The lowest BCUT2D eigenvalue weighted by atomic mass is 9.92. The molecule has 1 aromatic carbocycles. The highest BCUT2D eigenvalue weighted by Crippen LogP contribution is 2.26. The van der Waals surface area contributed by atoms with Crippen molar-refractivity contribution in [2.45, 2.75) is 42.7 Å². The smallest absolute Gasteiger partial charge is 0.240 e. The van der Waals surface area contributed by atoms with Crippen molar-refractivity contribution in [3.8, 4) is 0 Å². The van der Waals surface area contributed by atoms with Crippen molar-refractivity contribution < 1.29 is 8.42 Å². The minimum absolute atomic E-state index is 0.112. The molecule has 3 N–H and O–H groups in total. The molecule has 0 amide bonds. The minimum Gasteiger partial charge on any atom is -0.326 e. The molecule has 1 aromatic rings. The number of rotatable bonds is 3. The molecule has 1 aliphatic rings. The van der Waals surface area contributed by atoms with Gasteiger partial charge in [0.1, 0.15) is 0 Å². The summed E-state index contributed by atoms with van der Waals surface area (Å²) in [5, 5.41) is 0.480. The third-order valence-electron chi connectivity index (χ3n) is 3.33. The van der Waals surface area contributed by atoms with Crippen LogP contribution >= 0.6 is 27.5 Å². The lowest BCUT2D eigenvalue weighted by Crippen LogP contribution is -2.49. The molecule has 4 nitrogen and oxygen atoms in total. The number of hydrogen-bond acceptors (Lipinski definition) is 3. The Morgan fingerprint density at radius 2 is 2.00 bits per heavy atom. The quantitative estimate of drug-likeness (QED) is 0.862. The van der Waals surface area contributed by atoms with E-state index in [0.29, 0.717) is 9.50 Å². The molecule has 0 radical (unpaired) electrons. The van der Waals surface area contributed by atoms with Gasteiger partial charge in [-0.25, -0.2) is 13.1 Å². The first-order valence-corrected chi connectivity index (χ1v) is 8.78. The summed E-state index contributed by atoms with van der Waals surface area (Å²) in [5.41, 5.74) is 5.96. The maximum absolute atomic E-state index is 12.3. The molecule has 106 valence electrons. The fourth-order valence-electron chi connectivity index (χ4n) is 2.22. The Balaban J connectivity index is 2.19. The molecule has 1 fully saturated rings. The van der Waals surface area contributed by atoms with E-state index in [-0.39, 0.29) is 17.0 Å².